The first-order valence-electron chi connectivity index (χ1n) is 15.3. The highest BCUT2D eigenvalue weighted by Gasteiger charge is 2.42. The SMILES string of the molecule is BrCc1ccc(C(=C(c2ccccc2)c2nnnn2C(c2ccccc2)(c2ccccc2)c2ccccc2)c2ccccc2)cc1. The lowest BCUT2D eigenvalue weighted by atomic mass is 9.76. The molecule has 0 radical (unpaired) electrons. The summed E-state index contributed by atoms with van der Waals surface area (Å²) >= 11 is 3.62. The third-order valence-electron chi connectivity index (χ3n) is 8.36. The van der Waals surface area contributed by atoms with E-state index in [1.54, 1.807) is 0 Å². The largest absolute Gasteiger partial charge is 0.205 e. The lowest BCUT2D eigenvalue weighted by Crippen LogP contribution is -2.40. The number of alkyl halides is 1. The normalized spacial score (nSPS) is 12.0. The molecular weight excluding hydrogens is 628 g/mol. The number of halogens is 1. The van der Waals surface area contributed by atoms with Crippen LogP contribution in [0.1, 0.15) is 44.8 Å². The second-order valence-electron chi connectivity index (χ2n) is 11.0. The summed E-state index contributed by atoms with van der Waals surface area (Å²) in [5.74, 6) is 0.659. The Morgan fingerprint density at radius 1 is 0.478 bits per heavy atom. The van der Waals surface area contributed by atoms with Gasteiger partial charge in [-0.15, -0.1) is 5.10 Å². The predicted octanol–water partition coefficient (Wildman–Crippen LogP) is 9.42. The van der Waals surface area contributed by atoms with Crippen LogP contribution >= 0.6 is 15.9 Å². The molecule has 4 nitrogen and oxygen atoms in total. The molecule has 222 valence electrons. The van der Waals surface area contributed by atoms with Crippen molar-refractivity contribution < 1.29 is 0 Å². The molecule has 0 saturated heterocycles. The fourth-order valence-electron chi connectivity index (χ4n) is 6.28. The maximum absolute atomic E-state index is 4.88. The summed E-state index contributed by atoms with van der Waals surface area (Å²) < 4.78 is 2.02. The van der Waals surface area contributed by atoms with Gasteiger partial charge in [-0.25, -0.2) is 4.68 Å². The number of hydrogen-bond donors (Lipinski definition) is 0. The van der Waals surface area contributed by atoms with E-state index in [0.29, 0.717) is 5.82 Å². The van der Waals surface area contributed by atoms with Gasteiger partial charge in [0.2, 0.25) is 0 Å². The number of hydrogen-bond acceptors (Lipinski definition) is 3. The van der Waals surface area contributed by atoms with Crippen molar-refractivity contribution in [2.45, 2.75) is 10.9 Å². The van der Waals surface area contributed by atoms with Gasteiger partial charge in [0.1, 0.15) is 5.54 Å². The van der Waals surface area contributed by atoms with E-state index >= 15 is 0 Å². The quantitative estimate of drug-likeness (QED) is 0.0882. The van der Waals surface area contributed by atoms with Crippen LogP contribution in [-0.4, -0.2) is 20.2 Å². The zero-order valence-electron chi connectivity index (χ0n) is 25.1. The van der Waals surface area contributed by atoms with Crippen molar-refractivity contribution in [3.05, 3.63) is 221 Å². The van der Waals surface area contributed by atoms with Crippen LogP contribution in [0, 0.1) is 0 Å². The molecule has 1 aromatic heterocycles. The molecule has 0 unspecified atom stereocenters. The highest BCUT2D eigenvalue weighted by atomic mass is 79.9. The van der Waals surface area contributed by atoms with Gasteiger partial charge < -0.3 is 0 Å². The average molecular weight is 660 g/mol. The van der Waals surface area contributed by atoms with Gasteiger partial charge in [0.15, 0.2) is 5.82 Å². The van der Waals surface area contributed by atoms with E-state index < -0.39 is 5.54 Å². The average Bonchev–Trinajstić information content (AvgIpc) is 3.62. The minimum atomic E-state index is -0.885. The fourth-order valence-corrected chi connectivity index (χ4v) is 6.66. The minimum absolute atomic E-state index is 0.659. The third-order valence-corrected chi connectivity index (χ3v) is 9.00. The minimum Gasteiger partial charge on any atom is -0.205 e. The molecule has 0 aliphatic carbocycles. The summed E-state index contributed by atoms with van der Waals surface area (Å²) in [5, 5.41) is 15.0. The summed E-state index contributed by atoms with van der Waals surface area (Å²) in [4.78, 5) is 0. The molecule has 0 N–H and O–H groups in total. The van der Waals surface area contributed by atoms with Crippen LogP contribution < -0.4 is 0 Å². The van der Waals surface area contributed by atoms with E-state index in [4.69, 9.17) is 10.3 Å². The Kier molecular flexibility index (Phi) is 8.49. The van der Waals surface area contributed by atoms with Crippen molar-refractivity contribution in [3.8, 4) is 0 Å². The van der Waals surface area contributed by atoms with Gasteiger partial charge in [0.25, 0.3) is 0 Å². The molecule has 7 rings (SSSR count). The maximum Gasteiger partial charge on any atom is 0.184 e. The Bertz CT molecular complexity index is 1940. The first-order valence-corrected chi connectivity index (χ1v) is 16.4. The lowest BCUT2D eigenvalue weighted by Gasteiger charge is -2.36. The van der Waals surface area contributed by atoms with Crippen LogP contribution in [0.15, 0.2) is 176 Å². The van der Waals surface area contributed by atoms with Crippen molar-refractivity contribution in [3.63, 3.8) is 0 Å². The monoisotopic (exact) mass is 658 g/mol. The molecule has 0 fully saturated rings. The Morgan fingerprint density at radius 3 is 1.30 bits per heavy atom. The van der Waals surface area contributed by atoms with Crippen molar-refractivity contribution in [1.29, 1.82) is 0 Å². The molecular formula is C41H31BrN4. The van der Waals surface area contributed by atoms with Crippen LogP contribution in [0.5, 0.6) is 0 Å². The molecule has 0 aliphatic heterocycles. The van der Waals surface area contributed by atoms with Crippen molar-refractivity contribution >= 4 is 27.1 Å². The molecule has 0 amide bonds. The van der Waals surface area contributed by atoms with Crippen molar-refractivity contribution in [2.24, 2.45) is 0 Å². The van der Waals surface area contributed by atoms with Gasteiger partial charge >= 0.3 is 0 Å². The van der Waals surface area contributed by atoms with Crippen molar-refractivity contribution in [1.82, 2.24) is 20.2 Å². The van der Waals surface area contributed by atoms with Crippen LogP contribution in [0.25, 0.3) is 11.1 Å². The van der Waals surface area contributed by atoms with Crippen LogP contribution in [0.4, 0.5) is 0 Å². The number of rotatable bonds is 9. The van der Waals surface area contributed by atoms with Gasteiger partial charge in [-0.1, -0.05) is 192 Å². The number of aromatic nitrogens is 4. The van der Waals surface area contributed by atoms with E-state index in [2.05, 4.69) is 167 Å². The Balaban J connectivity index is 1.64. The smallest absolute Gasteiger partial charge is 0.184 e. The van der Waals surface area contributed by atoms with E-state index in [9.17, 15) is 0 Å². The topological polar surface area (TPSA) is 43.6 Å². The van der Waals surface area contributed by atoms with E-state index in [1.807, 2.05) is 35.0 Å². The molecule has 7 aromatic rings. The van der Waals surface area contributed by atoms with Gasteiger partial charge in [-0.05, 0) is 49.4 Å². The van der Waals surface area contributed by atoms with Gasteiger partial charge in [0, 0.05) is 16.5 Å². The Morgan fingerprint density at radius 2 is 0.870 bits per heavy atom. The second-order valence-corrected chi connectivity index (χ2v) is 11.6. The van der Waals surface area contributed by atoms with E-state index in [1.165, 1.54) is 5.56 Å². The molecule has 1 heterocycles. The summed E-state index contributed by atoms with van der Waals surface area (Å²) in [6.45, 7) is 0. The molecule has 5 heteroatoms. The summed E-state index contributed by atoms with van der Waals surface area (Å²) in [6, 6.07) is 61.3. The van der Waals surface area contributed by atoms with Gasteiger partial charge in [-0.3, -0.25) is 0 Å². The summed E-state index contributed by atoms with van der Waals surface area (Å²) in [6.07, 6.45) is 0. The zero-order chi connectivity index (χ0) is 31.2. The van der Waals surface area contributed by atoms with Crippen molar-refractivity contribution in [2.75, 3.05) is 0 Å². The molecule has 6 aromatic carbocycles. The third kappa shape index (κ3) is 5.40. The highest BCUT2D eigenvalue weighted by molar-refractivity contribution is 9.08. The standard InChI is InChI=1S/C41H31BrN4/c42-30-31-26-28-34(29-27-31)38(32-16-6-1-7-17-32)39(33-18-8-2-9-19-33)40-43-44-45-46(40)41(35-20-10-3-11-21-35,36-22-12-4-13-23-36)37-24-14-5-15-25-37/h1-29H,30H2. The highest BCUT2D eigenvalue weighted by Crippen LogP contribution is 2.44. The number of benzene rings is 6. The predicted molar refractivity (Wildman–Crippen MR) is 189 cm³/mol. The van der Waals surface area contributed by atoms with Crippen LogP contribution in [0.2, 0.25) is 0 Å². The van der Waals surface area contributed by atoms with E-state index in [0.717, 1.165) is 49.9 Å². The van der Waals surface area contributed by atoms with Gasteiger partial charge in [-0.2, -0.15) is 0 Å². The first kappa shape index (κ1) is 29.3. The maximum atomic E-state index is 4.88. The molecule has 46 heavy (non-hydrogen) atoms. The van der Waals surface area contributed by atoms with Crippen LogP contribution in [-0.2, 0) is 10.9 Å². The molecule has 0 atom stereocenters. The number of tetrazole rings is 1. The molecule has 0 bridgehead atoms. The summed E-state index contributed by atoms with van der Waals surface area (Å²) in [7, 11) is 0. The molecule has 0 spiro atoms. The first-order chi connectivity index (χ1) is 22.8. The van der Waals surface area contributed by atoms with Crippen LogP contribution in [0.3, 0.4) is 0 Å². The molecule has 0 saturated carbocycles. The zero-order valence-corrected chi connectivity index (χ0v) is 26.7. The Hall–Kier alpha value is -5.39. The van der Waals surface area contributed by atoms with Gasteiger partial charge in [0.05, 0.1) is 0 Å². The Labute approximate surface area is 277 Å². The lowest BCUT2D eigenvalue weighted by molar-refractivity contribution is 0.442. The van der Waals surface area contributed by atoms with E-state index in [-0.39, 0.29) is 0 Å². The second kappa shape index (κ2) is 13.3. The fraction of sp³-hybridized carbons (Fsp3) is 0.0488. The summed E-state index contributed by atoms with van der Waals surface area (Å²) in [5.41, 5.74) is 8.64. The number of nitrogens with zero attached hydrogens (tertiary/aromatic N) is 4. The molecule has 0 aliphatic rings.